The second-order valence-electron chi connectivity index (χ2n) is 5.72. The van der Waals surface area contributed by atoms with Crippen LogP contribution < -0.4 is 5.32 Å². The van der Waals surface area contributed by atoms with Crippen LogP contribution in [-0.2, 0) is 11.3 Å². The summed E-state index contributed by atoms with van der Waals surface area (Å²) in [6.07, 6.45) is 1.81. The van der Waals surface area contributed by atoms with Gasteiger partial charge in [0, 0.05) is 17.4 Å². The van der Waals surface area contributed by atoms with Gasteiger partial charge in [-0.2, -0.15) is 4.98 Å². The quantitative estimate of drug-likeness (QED) is 0.597. The molecule has 4 aromatic rings. The molecule has 4 rings (SSSR count). The van der Waals surface area contributed by atoms with Crippen molar-refractivity contribution in [3.63, 3.8) is 0 Å². The maximum absolute atomic E-state index is 12.3. The summed E-state index contributed by atoms with van der Waals surface area (Å²) in [4.78, 5) is 16.7. The molecule has 0 atom stereocenters. The lowest BCUT2D eigenvalue weighted by molar-refractivity contribution is -0.116. The second kappa shape index (κ2) is 7.06. The Kier molecular flexibility index (Phi) is 4.30. The number of aromatic nitrogens is 3. The van der Waals surface area contributed by atoms with Crippen molar-refractivity contribution in [1.29, 1.82) is 0 Å². The van der Waals surface area contributed by atoms with Crippen molar-refractivity contribution >= 4 is 11.6 Å². The number of carbonyl (C=O) groups excluding carboxylic acids is 1. The fourth-order valence-electron chi connectivity index (χ4n) is 2.65. The molecular weight excluding hydrogens is 328 g/mol. The van der Waals surface area contributed by atoms with Gasteiger partial charge >= 0.3 is 0 Å². The lowest BCUT2D eigenvalue weighted by atomic mass is 10.2. The van der Waals surface area contributed by atoms with Gasteiger partial charge in [0.15, 0.2) is 0 Å². The van der Waals surface area contributed by atoms with E-state index in [9.17, 15) is 4.79 Å². The zero-order chi connectivity index (χ0) is 17.8. The summed E-state index contributed by atoms with van der Waals surface area (Å²) >= 11 is 0. The standard InChI is InChI=1S/C20H16N4O2/c25-18(21-16-10-5-2-6-11-16)14-24-13-7-12-17(24)20-22-19(23-26-20)15-8-3-1-4-9-15/h1-13H,14H2,(H,21,25). The van der Waals surface area contributed by atoms with Gasteiger partial charge in [0.05, 0.1) is 0 Å². The number of para-hydroxylation sites is 1. The van der Waals surface area contributed by atoms with E-state index in [1.807, 2.05) is 79.0 Å². The Morgan fingerprint density at radius 2 is 1.69 bits per heavy atom. The number of hydrogen-bond acceptors (Lipinski definition) is 4. The number of hydrogen-bond donors (Lipinski definition) is 1. The molecule has 0 aliphatic carbocycles. The van der Waals surface area contributed by atoms with E-state index >= 15 is 0 Å². The maximum Gasteiger partial charge on any atom is 0.274 e. The van der Waals surface area contributed by atoms with Gasteiger partial charge in [0.2, 0.25) is 11.7 Å². The Morgan fingerprint density at radius 1 is 0.962 bits per heavy atom. The highest BCUT2D eigenvalue weighted by Crippen LogP contribution is 2.22. The van der Waals surface area contributed by atoms with Gasteiger partial charge in [-0.3, -0.25) is 4.79 Å². The number of benzene rings is 2. The van der Waals surface area contributed by atoms with E-state index in [0.29, 0.717) is 17.4 Å². The molecule has 0 saturated heterocycles. The number of nitrogens with zero attached hydrogens (tertiary/aromatic N) is 3. The molecule has 0 radical (unpaired) electrons. The molecule has 1 N–H and O–H groups in total. The van der Waals surface area contributed by atoms with Gasteiger partial charge < -0.3 is 14.4 Å². The average Bonchev–Trinajstić information content (AvgIpc) is 3.32. The van der Waals surface area contributed by atoms with Crippen LogP contribution in [0.4, 0.5) is 5.69 Å². The monoisotopic (exact) mass is 344 g/mol. The van der Waals surface area contributed by atoms with E-state index < -0.39 is 0 Å². The van der Waals surface area contributed by atoms with Crippen LogP contribution in [0.3, 0.4) is 0 Å². The number of nitrogens with one attached hydrogen (secondary N) is 1. The summed E-state index contributed by atoms with van der Waals surface area (Å²) in [6, 6.07) is 22.6. The summed E-state index contributed by atoms with van der Waals surface area (Å²) in [5.41, 5.74) is 2.33. The Bertz CT molecular complexity index is 1010. The summed E-state index contributed by atoms with van der Waals surface area (Å²) < 4.78 is 7.17. The fraction of sp³-hybridized carbons (Fsp3) is 0.0500. The minimum Gasteiger partial charge on any atom is -0.334 e. The molecule has 0 unspecified atom stereocenters. The van der Waals surface area contributed by atoms with E-state index in [1.165, 1.54) is 0 Å². The van der Waals surface area contributed by atoms with Gasteiger partial charge in [0.1, 0.15) is 12.2 Å². The van der Waals surface area contributed by atoms with Crippen molar-refractivity contribution in [2.45, 2.75) is 6.54 Å². The summed E-state index contributed by atoms with van der Waals surface area (Å²) in [6.45, 7) is 0.153. The molecule has 128 valence electrons. The van der Waals surface area contributed by atoms with Crippen molar-refractivity contribution in [2.24, 2.45) is 0 Å². The van der Waals surface area contributed by atoms with Gasteiger partial charge in [-0.25, -0.2) is 0 Å². The molecule has 0 fully saturated rings. The molecule has 0 aliphatic rings. The predicted molar refractivity (Wildman–Crippen MR) is 98.2 cm³/mol. The highest BCUT2D eigenvalue weighted by atomic mass is 16.5. The summed E-state index contributed by atoms with van der Waals surface area (Å²) in [5.74, 6) is 0.764. The summed E-state index contributed by atoms with van der Waals surface area (Å²) in [5, 5.41) is 6.89. The Hall–Kier alpha value is -3.67. The van der Waals surface area contributed by atoms with Gasteiger partial charge in [-0.1, -0.05) is 53.7 Å². The van der Waals surface area contributed by atoms with Crippen LogP contribution in [0.5, 0.6) is 0 Å². The van der Waals surface area contributed by atoms with Crippen molar-refractivity contribution in [1.82, 2.24) is 14.7 Å². The lowest BCUT2D eigenvalue weighted by Crippen LogP contribution is -2.18. The third kappa shape index (κ3) is 3.39. The van der Waals surface area contributed by atoms with E-state index in [1.54, 1.807) is 4.57 Å². The SMILES string of the molecule is O=C(Cn1cccc1-c1nc(-c2ccccc2)no1)Nc1ccccc1. The lowest BCUT2D eigenvalue weighted by Gasteiger charge is -2.07. The zero-order valence-electron chi connectivity index (χ0n) is 13.9. The molecule has 6 nitrogen and oxygen atoms in total. The normalized spacial score (nSPS) is 10.6. The van der Waals surface area contributed by atoms with Gasteiger partial charge in [0.25, 0.3) is 5.89 Å². The highest BCUT2D eigenvalue weighted by Gasteiger charge is 2.15. The molecule has 0 saturated carbocycles. The molecule has 2 aromatic heterocycles. The van der Waals surface area contributed by atoms with Crippen LogP contribution >= 0.6 is 0 Å². The molecule has 0 spiro atoms. The molecular formula is C20H16N4O2. The molecule has 2 aromatic carbocycles. The smallest absolute Gasteiger partial charge is 0.274 e. The second-order valence-corrected chi connectivity index (χ2v) is 5.72. The first-order valence-electron chi connectivity index (χ1n) is 8.19. The van der Waals surface area contributed by atoms with Crippen LogP contribution in [0.15, 0.2) is 83.5 Å². The number of amides is 1. The third-order valence-corrected chi connectivity index (χ3v) is 3.88. The van der Waals surface area contributed by atoms with E-state index in [4.69, 9.17) is 4.52 Å². The largest absolute Gasteiger partial charge is 0.334 e. The van der Waals surface area contributed by atoms with Crippen LogP contribution in [-0.4, -0.2) is 20.6 Å². The molecule has 6 heteroatoms. The first-order valence-corrected chi connectivity index (χ1v) is 8.19. The predicted octanol–water partition coefficient (Wildman–Crippen LogP) is 3.84. The molecule has 0 aliphatic heterocycles. The minimum atomic E-state index is -0.128. The van der Waals surface area contributed by atoms with Crippen LogP contribution in [0, 0.1) is 0 Å². The molecule has 26 heavy (non-hydrogen) atoms. The van der Waals surface area contributed by atoms with Crippen LogP contribution in [0.25, 0.3) is 23.0 Å². The fourth-order valence-corrected chi connectivity index (χ4v) is 2.65. The number of carbonyl (C=O) groups is 1. The van der Waals surface area contributed by atoms with E-state index in [0.717, 1.165) is 11.3 Å². The van der Waals surface area contributed by atoms with Gasteiger partial charge in [-0.15, -0.1) is 0 Å². The first-order chi connectivity index (χ1) is 12.8. The zero-order valence-corrected chi connectivity index (χ0v) is 13.9. The van der Waals surface area contributed by atoms with E-state index in [2.05, 4.69) is 15.5 Å². The number of rotatable bonds is 5. The first kappa shape index (κ1) is 15.8. The van der Waals surface area contributed by atoms with E-state index in [-0.39, 0.29) is 12.5 Å². The van der Waals surface area contributed by atoms with Gasteiger partial charge in [-0.05, 0) is 24.3 Å². The van der Waals surface area contributed by atoms with Crippen molar-refractivity contribution < 1.29 is 9.32 Å². The topological polar surface area (TPSA) is 73.0 Å². The van der Waals surface area contributed by atoms with Crippen molar-refractivity contribution in [3.8, 4) is 23.0 Å². The molecule has 0 bridgehead atoms. The Morgan fingerprint density at radius 3 is 2.46 bits per heavy atom. The summed E-state index contributed by atoms with van der Waals surface area (Å²) in [7, 11) is 0. The van der Waals surface area contributed by atoms with Crippen LogP contribution in [0.1, 0.15) is 0 Å². The molecule has 1 amide bonds. The Labute approximate surface area is 150 Å². The average molecular weight is 344 g/mol. The van der Waals surface area contributed by atoms with Crippen molar-refractivity contribution in [2.75, 3.05) is 5.32 Å². The van der Waals surface area contributed by atoms with Crippen LogP contribution in [0.2, 0.25) is 0 Å². The third-order valence-electron chi connectivity index (χ3n) is 3.88. The Balaban J connectivity index is 1.52. The molecule has 2 heterocycles. The maximum atomic E-state index is 12.3. The van der Waals surface area contributed by atoms with Crippen molar-refractivity contribution in [3.05, 3.63) is 79.0 Å². The highest BCUT2D eigenvalue weighted by molar-refractivity contribution is 5.90. The number of anilines is 1. The minimum absolute atomic E-state index is 0.128.